The van der Waals surface area contributed by atoms with Crippen molar-refractivity contribution in [3.8, 4) is 0 Å². The molecular formula is C17H32N2O. The third kappa shape index (κ3) is 3.55. The van der Waals surface area contributed by atoms with Crippen molar-refractivity contribution in [2.75, 3.05) is 13.1 Å². The van der Waals surface area contributed by atoms with Crippen LogP contribution in [0, 0.1) is 11.8 Å². The summed E-state index contributed by atoms with van der Waals surface area (Å²) >= 11 is 0. The zero-order chi connectivity index (χ0) is 13.8. The van der Waals surface area contributed by atoms with Crippen LogP contribution in [0.25, 0.3) is 0 Å². The Bertz CT molecular complexity index is 291. The molecule has 1 saturated heterocycles. The highest BCUT2D eigenvalue weighted by Crippen LogP contribution is 2.31. The van der Waals surface area contributed by atoms with E-state index in [1.165, 1.54) is 64.3 Å². The van der Waals surface area contributed by atoms with Gasteiger partial charge in [0, 0.05) is 18.6 Å². The number of rotatable bonds is 4. The van der Waals surface area contributed by atoms with Gasteiger partial charge in [0.2, 0.25) is 0 Å². The first-order valence-electron chi connectivity index (χ1n) is 8.99. The Balaban J connectivity index is 1.51. The zero-order valence-corrected chi connectivity index (χ0v) is 12.8. The van der Waals surface area contributed by atoms with Gasteiger partial charge in [-0.1, -0.05) is 25.7 Å². The fourth-order valence-corrected chi connectivity index (χ4v) is 4.70. The molecule has 0 bridgehead atoms. The molecule has 0 amide bonds. The van der Waals surface area contributed by atoms with Crippen molar-refractivity contribution in [3.05, 3.63) is 0 Å². The summed E-state index contributed by atoms with van der Waals surface area (Å²) in [7, 11) is 0. The maximum absolute atomic E-state index is 10.1. The largest absolute Gasteiger partial charge is 0.393 e. The number of aliphatic hydroxyl groups excluding tert-OH is 1. The standard InChI is InChI=1S/C17H32N2O/c20-17-10-4-1-6-13(17)12-19-16-8-3-2-7-14(16)15-9-5-11-18-15/h13-20H,1-12H2. The van der Waals surface area contributed by atoms with Crippen LogP contribution in [-0.4, -0.2) is 36.4 Å². The highest BCUT2D eigenvalue weighted by Gasteiger charge is 2.33. The Morgan fingerprint density at radius 1 is 0.900 bits per heavy atom. The SMILES string of the molecule is OC1CCCCC1CNC1CCCCC1C1CCCN1. The average molecular weight is 280 g/mol. The fraction of sp³-hybridized carbons (Fsp3) is 1.00. The van der Waals surface area contributed by atoms with Crippen LogP contribution in [0.2, 0.25) is 0 Å². The van der Waals surface area contributed by atoms with E-state index >= 15 is 0 Å². The topological polar surface area (TPSA) is 44.3 Å². The average Bonchev–Trinajstić information content (AvgIpc) is 3.01. The van der Waals surface area contributed by atoms with Crippen molar-refractivity contribution in [3.63, 3.8) is 0 Å². The molecule has 0 aromatic heterocycles. The van der Waals surface area contributed by atoms with Crippen molar-refractivity contribution < 1.29 is 5.11 Å². The molecule has 1 aliphatic heterocycles. The monoisotopic (exact) mass is 280 g/mol. The lowest BCUT2D eigenvalue weighted by Crippen LogP contribution is -2.49. The zero-order valence-electron chi connectivity index (χ0n) is 12.8. The van der Waals surface area contributed by atoms with Gasteiger partial charge in [-0.3, -0.25) is 0 Å². The normalized spacial score (nSPS) is 42.8. The molecule has 0 aromatic carbocycles. The molecule has 3 aliphatic rings. The van der Waals surface area contributed by atoms with Gasteiger partial charge in [0.25, 0.3) is 0 Å². The predicted molar refractivity (Wildman–Crippen MR) is 82.7 cm³/mol. The van der Waals surface area contributed by atoms with Gasteiger partial charge in [0.05, 0.1) is 6.10 Å². The molecule has 3 nitrogen and oxygen atoms in total. The Hall–Kier alpha value is -0.120. The van der Waals surface area contributed by atoms with Crippen molar-refractivity contribution in [1.82, 2.24) is 10.6 Å². The molecule has 3 fully saturated rings. The fourth-order valence-electron chi connectivity index (χ4n) is 4.70. The van der Waals surface area contributed by atoms with Crippen LogP contribution < -0.4 is 10.6 Å². The van der Waals surface area contributed by atoms with E-state index in [-0.39, 0.29) is 6.10 Å². The van der Waals surface area contributed by atoms with Crippen molar-refractivity contribution in [2.24, 2.45) is 11.8 Å². The van der Waals surface area contributed by atoms with Gasteiger partial charge < -0.3 is 15.7 Å². The molecular weight excluding hydrogens is 248 g/mol. The van der Waals surface area contributed by atoms with Gasteiger partial charge in [-0.2, -0.15) is 0 Å². The molecule has 3 heteroatoms. The molecule has 0 radical (unpaired) electrons. The van der Waals surface area contributed by atoms with Crippen LogP contribution in [0.15, 0.2) is 0 Å². The maximum atomic E-state index is 10.1. The minimum atomic E-state index is -0.0529. The van der Waals surface area contributed by atoms with Crippen molar-refractivity contribution in [2.45, 2.75) is 82.4 Å². The molecule has 0 spiro atoms. The van der Waals surface area contributed by atoms with Gasteiger partial charge in [-0.15, -0.1) is 0 Å². The van der Waals surface area contributed by atoms with E-state index in [4.69, 9.17) is 0 Å². The first kappa shape index (κ1) is 14.8. The number of aliphatic hydroxyl groups is 1. The summed E-state index contributed by atoms with van der Waals surface area (Å²) in [5, 5.41) is 17.7. The van der Waals surface area contributed by atoms with Gasteiger partial charge >= 0.3 is 0 Å². The highest BCUT2D eigenvalue weighted by atomic mass is 16.3. The molecule has 3 rings (SSSR count). The Labute approximate surface area is 123 Å². The molecule has 1 heterocycles. The lowest BCUT2D eigenvalue weighted by Gasteiger charge is -2.38. The van der Waals surface area contributed by atoms with Crippen molar-refractivity contribution in [1.29, 1.82) is 0 Å². The molecule has 116 valence electrons. The maximum Gasteiger partial charge on any atom is 0.0580 e. The van der Waals surface area contributed by atoms with E-state index in [0.717, 1.165) is 24.9 Å². The Morgan fingerprint density at radius 3 is 2.50 bits per heavy atom. The third-order valence-corrected chi connectivity index (χ3v) is 5.95. The predicted octanol–water partition coefficient (Wildman–Crippen LogP) is 2.44. The van der Waals surface area contributed by atoms with Gasteiger partial charge in [0.1, 0.15) is 0 Å². The van der Waals surface area contributed by atoms with Crippen LogP contribution in [0.4, 0.5) is 0 Å². The van der Waals surface area contributed by atoms with Gasteiger partial charge in [0.15, 0.2) is 0 Å². The first-order valence-corrected chi connectivity index (χ1v) is 8.99. The van der Waals surface area contributed by atoms with Crippen LogP contribution >= 0.6 is 0 Å². The quantitative estimate of drug-likeness (QED) is 0.741. The van der Waals surface area contributed by atoms with Crippen LogP contribution in [0.5, 0.6) is 0 Å². The summed E-state index contributed by atoms with van der Waals surface area (Å²) in [6.45, 7) is 2.25. The Kier molecular flexibility index (Phi) is 5.36. The van der Waals surface area contributed by atoms with Crippen LogP contribution in [0.3, 0.4) is 0 Å². The minimum Gasteiger partial charge on any atom is -0.393 e. The van der Waals surface area contributed by atoms with E-state index < -0.39 is 0 Å². The van der Waals surface area contributed by atoms with Gasteiger partial charge in [-0.05, 0) is 56.9 Å². The molecule has 0 aromatic rings. The van der Waals surface area contributed by atoms with Gasteiger partial charge in [-0.25, -0.2) is 0 Å². The first-order chi connectivity index (χ1) is 9.84. The van der Waals surface area contributed by atoms with Crippen molar-refractivity contribution >= 4 is 0 Å². The van der Waals surface area contributed by atoms with E-state index in [1.54, 1.807) is 0 Å². The molecule has 3 N–H and O–H groups in total. The summed E-state index contributed by atoms with van der Waals surface area (Å²) in [5.41, 5.74) is 0. The van der Waals surface area contributed by atoms with Crippen LogP contribution in [-0.2, 0) is 0 Å². The smallest absolute Gasteiger partial charge is 0.0580 e. The Morgan fingerprint density at radius 2 is 1.70 bits per heavy atom. The number of nitrogens with one attached hydrogen (secondary N) is 2. The minimum absolute atomic E-state index is 0.0529. The second-order valence-electron chi connectivity index (χ2n) is 7.28. The second kappa shape index (κ2) is 7.24. The number of hydrogen-bond acceptors (Lipinski definition) is 3. The van der Waals surface area contributed by atoms with E-state index in [0.29, 0.717) is 12.0 Å². The van der Waals surface area contributed by atoms with E-state index in [1.807, 2.05) is 0 Å². The molecule has 5 unspecified atom stereocenters. The number of hydrogen-bond donors (Lipinski definition) is 3. The summed E-state index contributed by atoms with van der Waals surface area (Å²) in [6, 6.07) is 1.44. The third-order valence-electron chi connectivity index (χ3n) is 5.95. The molecule has 2 saturated carbocycles. The lowest BCUT2D eigenvalue weighted by molar-refractivity contribution is 0.0644. The molecule has 5 atom stereocenters. The molecule has 20 heavy (non-hydrogen) atoms. The second-order valence-corrected chi connectivity index (χ2v) is 7.28. The van der Waals surface area contributed by atoms with E-state index in [2.05, 4.69) is 10.6 Å². The van der Waals surface area contributed by atoms with E-state index in [9.17, 15) is 5.11 Å². The molecule has 2 aliphatic carbocycles. The summed E-state index contributed by atoms with van der Waals surface area (Å²) in [5.74, 6) is 1.33. The summed E-state index contributed by atoms with van der Waals surface area (Å²) in [4.78, 5) is 0. The van der Waals surface area contributed by atoms with Crippen LogP contribution in [0.1, 0.15) is 64.2 Å². The lowest BCUT2D eigenvalue weighted by atomic mass is 9.78. The highest BCUT2D eigenvalue weighted by molar-refractivity contribution is 4.92. The summed E-state index contributed by atoms with van der Waals surface area (Å²) in [6.07, 6.45) is 13.0. The summed E-state index contributed by atoms with van der Waals surface area (Å²) < 4.78 is 0.